The Hall–Kier alpha value is -1.97. The van der Waals surface area contributed by atoms with E-state index in [1.807, 2.05) is 0 Å². The predicted octanol–water partition coefficient (Wildman–Crippen LogP) is 2.51. The number of allylic oxidation sites excluding steroid dienone is 1. The molecule has 1 aromatic rings. The van der Waals surface area contributed by atoms with Crippen molar-refractivity contribution in [3.05, 3.63) is 35.4 Å². The van der Waals surface area contributed by atoms with Crippen molar-refractivity contribution in [2.75, 3.05) is 19.4 Å². The van der Waals surface area contributed by atoms with Crippen molar-refractivity contribution >= 4 is 11.6 Å². The first kappa shape index (κ1) is 13.5. The molecule has 0 radical (unpaired) electrons. The Kier molecular flexibility index (Phi) is 4.44. The number of carbonyl (C=O) groups is 1. The van der Waals surface area contributed by atoms with E-state index in [2.05, 4.69) is 11.4 Å². The Labute approximate surface area is 113 Å². The zero-order chi connectivity index (χ0) is 13.7. The molecule has 1 aliphatic rings. The van der Waals surface area contributed by atoms with Crippen molar-refractivity contribution in [1.82, 2.24) is 5.32 Å². The van der Waals surface area contributed by atoms with Crippen LogP contribution < -0.4 is 15.8 Å². The van der Waals surface area contributed by atoms with E-state index < -0.39 is 0 Å². The van der Waals surface area contributed by atoms with Crippen molar-refractivity contribution in [2.45, 2.75) is 25.7 Å². The van der Waals surface area contributed by atoms with Gasteiger partial charge in [-0.15, -0.1) is 0 Å². The standard InChI is InChI=1S/C15H20N2O2/c1-19-12-6-7-14(16)13(10-12)15(18)17-9-8-11-4-2-3-5-11/h4,6-7,10H,2-3,5,8-9,16H2,1H3,(H,17,18). The molecule has 0 saturated heterocycles. The topological polar surface area (TPSA) is 64.3 Å². The second-order valence-electron chi connectivity index (χ2n) is 4.71. The number of anilines is 1. The van der Waals surface area contributed by atoms with Crippen molar-refractivity contribution in [3.63, 3.8) is 0 Å². The van der Waals surface area contributed by atoms with Gasteiger partial charge in [-0.2, -0.15) is 0 Å². The Balaban J connectivity index is 1.91. The van der Waals surface area contributed by atoms with Crippen LogP contribution in [0, 0.1) is 0 Å². The molecule has 2 rings (SSSR count). The maximum absolute atomic E-state index is 12.0. The van der Waals surface area contributed by atoms with Crippen molar-refractivity contribution in [1.29, 1.82) is 0 Å². The summed E-state index contributed by atoms with van der Waals surface area (Å²) in [6, 6.07) is 5.10. The van der Waals surface area contributed by atoms with Gasteiger partial charge in [0, 0.05) is 12.2 Å². The van der Waals surface area contributed by atoms with Gasteiger partial charge in [0.2, 0.25) is 0 Å². The average Bonchev–Trinajstić information content (AvgIpc) is 2.92. The average molecular weight is 260 g/mol. The number of rotatable bonds is 5. The number of nitrogens with one attached hydrogen (secondary N) is 1. The summed E-state index contributed by atoms with van der Waals surface area (Å²) in [5.74, 6) is 0.493. The quantitative estimate of drug-likeness (QED) is 0.631. The maximum Gasteiger partial charge on any atom is 0.253 e. The Morgan fingerprint density at radius 3 is 3.00 bits per heavy atom. The van der Waals surface area contributed by atoms with Gasteiger partial charge in [-0.3, -0.25) is 4.79 Å². The van der Waals surface area contributed by atoms with Crippen LogP contribution in [0.15, 0.2) is 29.8 Å². The number of benzene rings is 1. The minimum absolute atomic E-state index is 0.144. The maximum atomic E-state index is 12.0. The van der Waals surface area contributed by atoms with Crippen LogP contribution in [0.2, 0.25) is 0 Å². The number of carbonyl (C=O) groups excluding carboxylic acids is 1. The van der Waals surface area contributed by atoms with Crippen LogP contribution in [0.25, 0.3) is 0 Å². The summed E-state index contributed by atoms with van der Waals surface area (Å²) < 4.78 is 5.10. The Morgan fingerprint density at radius 2 is 2.32 bits per heavy atom. The van der Waals surface area contributed by atoms with Gasteiger partial charge in [0.1, 0.15) is 5.75 Å². The summed E-state index contributed by atoms with van der Waals surface area (Å²) in [6.45, 7) is 0.654. The molecular weight excluding hydrogens is 240 g/mol. The summed E-state index contributed by atoms with van der Waals surface area (Å²) in [5, 5.41) is 2.90. The number of ether oxygens (including phenoxy) is 1. The molecule has 0 bridgehead atoms. The highest BCUT2D eigenvalue weighted by molar-refractivity contribution is 5.99. The second kappa shape index (κ2) is 6.27. The molecule has 0 spiro atoms. The highest BCUT2D eigenvalue weighted by Gasteiger charge is 2.11. The number of hydrogen-bond donors (Lipinski definition) is 2. The lowest BCUT2D eigenvalue weighted by molar-refractivity contribution is 0.0954. The van der Waals surface area contributed by atoms with Crippen LogP contribution in [-0.4, -0.2) is 19.6 Å². The van der Waals surface area contributed by atoms with Crippen molar-refractivity contribution in [2.24, 2.45) is 0 Å². The molecule has 1 aromatic carbocycles. The fourth-order valence-corrected chi connectivity index (χ4v) is 2.26. The van der Waals surface area contributed by atoms with E-state index in [-0.39, 0.29) is 5.91 Å². The summed E-state index contributed by atoms with van der Waals surface area (Å²) in [6.07, 6.45) is 6.77. The lowest BCUT2D eigenvalue weighted by Gasteiger charge is -2.09. The van der Waals surface area contributed by atoms with E-state index in [0.29, 0.717) is 23.5 Å². The third kappa shape index (κ3) is 3.50. The van der Waals surface area contributed by atoms with Crippen LogP contribution in [0.3, 0.4) is 0 Å². The van der Waals surface area contributed by atoms with Gasteiger partial charge in [0.15, 0.2) is 0 Å². The zero-order valence-electron chi connectivity index (χ0n) is 11.2. The van der Waals surface area contributed by atoms with Crippen LogP contribution in [0.4, 0.5) is 5.69 Å². The van der Waals surface area contributed by atoms with Gasteiger partial charge in [-0.05, 0) is 43.9 Å². The minimum atomic E-state index is -0.144. The Morgan fingerprint density at radius 1 is 1.47 bits per heavy atom. The first-order chi connectivity index (χ1) is 9.20. The molecule has 1 amide bonds. The van der Waals surface area contributed by atoms with Gasteiger partial charge >= 0.3 is 0 Å². The fraction of sp³-hybridized carbons (Fsp3) is 0.400. The number of nitrogen functional groups attached to an aromatic ring is 1. The van der Waals surface area contributed by atoms with Gasteiger partial charge in [0.25, 0.3) is 5.91 Å². The van der Waals surface area contributed by atoms with Crippen LogP contribution in [0.5, 0.6) is 5.75 Å². The van der Waals surface area contributed by atoms with E-state index in [1.54, 1.807) is 25.3 Å². The molecule has 3 N–H and O–H groups in total. The molecule has 0 aromatic heterocycles. The van der Waals surface area contributed by atoms with E-state index in [0.717, 1.165) is 12.8 Å². The van der Waals surface area contributed by atoms with Gasteiger partial charge < -0.3 is 15.8 Å². The van der Waals surface area contributed by atoms with Gasteiger partial charge in [-0.25, -0.2) is 0 Å². The third-order valence-electron chi connectivity index (χ3n) is 3.37. The highest BCUT2D eigenvalue weighted by Crippen LogP contribution is 2.21. The summed E-state index contributed by atoms with van der Waals surface area (Å²) in [7, 11) is 1.57. The molecule has 0 saturated carbocycles. The largest absolute Gasteiger partial charge is 0.497 e. The molecule has 4 nitrogen and oxygen atoms in total. The van der Waals surface area contributed by atoms with Crippen LogP contribution >= 0.6 is 0 Å². The first-order valence-electron chi connectivity index (χ1n) is 6.60. The smallest absolute Gasteiger partial charge is 0.253 e. The molecule has 0 heterocycles. The van der Waals surface area contributed by atoms with E-state index >= 15 is 0 Å². The molecule has 0 fully saturated rings. The third-order valence-corrected chi connectivity index (χ3v) is 3.37. The predicted molar refractivity (Wildman–Crippen MR) is 76.3 cm³/mol. The van der Waals surface area contributed by atoms with Crippen molar-refractivity contribution in [3.8, 4) is 5.75 Å². The van der Waals surface area contributed by atoms with Crippen molar-refractivity contribution < 1.29 is 9.53 Å². The highest BCUT2D eigenvalue weighted by atomic mass is 16.5. The molecular formula is C15H20N2O2. The number of methoxy groups -OCH3 is 1. The normalized spacial score (nSPS) is 14.1. The molecule has 4 heteroatoms. The molecule has 1 aliphatic carbocycles. The molecule has 19 heavy (non-hydrogen) atoms. The monoisotopic (exact) mass is 260 g/mol. The summed E-state index contributed by atoms with van der Waals surface area (Å²) in [5.41, 5.74) is 8.20. The lowest BCUT2D eigenvalue weighted by Crippen LogP contribution is -2.25. The van der Waals surface area contributed by atoms with Crippen LogP contribution in [-0.2, 0) is 0 Å². The molecule has 0 atom stereocenters. The number of nitrogens with two attached hydrogens (primary N) is 1. The van der Waals surface area contributed by atoms with Gasteiger partial charge in [-0.1, -0.05) is 11.6 Å². The molecule has 0 unspecified atom stereocenters. The van der Waals surface area contributed by atoms with Gasteiger partial charge in [0.05, 0.1) is 12.7 Å². The number of hydrogen-bond acceptors (Lipinski definition) is 3. The lowest BCUT2D eigenvalue weighted by atomic mass is 10.1. The zero-order valence-corrected chi connectivity index (χ0v) is 11.2. The first-order valence-corrected chi connectivity index (χ1v) is 6.60. The summed E-state index contributed by atoms with van der Waals surface area (Å²) in [4.78, 5) is 12.0. The van der Waals surface area contributed by atoms with E-state index in [1.165, 1.54) is 18.4 Å². The van der Waals surface area contributed by atoms with E-state index in [9.17, 15) is 4.79 Å². The SMILES string of the molecule is COc1ccc(N)c(C(=O)NCCC2=CCCC2)c1. The second-order valence-corrected chi connectivity index (χ2v) is 4.71. The summed E-state index contributed by atoms with van der Waals surface area (Å²) >= 11 is 0. The fourth-order valence-electron chi connectivity index (χ4n) is 2.26. The molecule has 0 aliphatic heterocycles. The Bertz CT molecular complexity index is 495. The van der Waals surface area contributed by atoms with E-state index in [4.69, 9.17) is 10.5 Å². The number of amides is 1. The molecule has 102 valence electrons. The van der Waals surface area contributed by atoms with Crippen LogP contribution in [0.1, 0.15) is 36.0 Å². The minimum Gasteiger partial charge on any atom is -0.497 e.